The number of amides is 2. The normalized spacial score (nSPS) is 10.4. The molecule has 0 bridgehead atoms. The third-order valence-corrected chi connectivity index (χ3v) is 3.14. The Morgan fingerprint density at radius 3 is 2.21 bits per heavy atom. The van der Waals surface area contributed by atoms with Crippen molar-refractivity contribution in [1.29, 1.82) is 0 Å². The molecule has 0 spiro atoms. The fraction of sp³-hybridized carbons (Fsp3) is 0.0588. The molecule has 0 aliphatic carbocycles. The lowest BCUT2D eigenvalue weighted by molar-refractivity contribution is -0.384. The quantitative estimate of drug-likeness (QED) is 0.512. The SMILES string of the molecule is Cc1ccc(/C=C/C(=O)NNC(=O)c2ccc([N+](=O)[O-])cc2)cc1. The molecule has 0 atom stereocenters. The number of non-ortho nitro benzene ring substituents is 1. The van der Waals surface area contributed by atoms with Crippen molar-refractivity contribution >= 4 is 23.6 Å². The summed E-state index contributed by atoms with van der Waals surface area (Å²) in [6.07, 6.45) is 2.91. The lowest BCUT2D eigenvalue weighted by Crippen LogP contribution is -2.40. The number of aryl methyl sites for hydroxylation is 1. The smallest absolute Gasteiger partial charge is 0.268 e. The average molecular weight is 325 g/mol. The number of nitro groups is 1. The van der Waals surface area contributed by atoms with Crippen LogP contribution in [0, 0.1) is 17.0 Å². The molecule has 0 aromatic heterocycles. The van der Waals surface area contributed by atoms with Gasteiger partial charge in [0.05, 0.1) is 4.92 Å². The van der Waals surface area contributed by atoms with E-state index in [1.165, 1.54) is 30.3 Å². The van der Waals surface area contributed by atoms with Crippen LogP contribution in [0.3, 0.4) is 0 Å². The van der Waals surface area contributed by atoms with Gasteiger partial charge in [-0.05, 0) is 30.7 Å². The van der Waals surface area contributed by atoms with Crippen LogP contribution in [-0.4, -0.2) is 16.7 Å². The Labute approximate surface area is 138 Å². The van der Waals surface area contributed by atoms with E-state index in [2.05, 4.69) is 10.9 Å². The summed E-state index contributed by atoms with van der Waals surface area (Å²) in [7, 11) is 0. The van der Waals surface area contributed by atoms with Crippen LogP contribution in [0.2, 0.25) is 0 Å². The van der Waals surface area contributed by atoms with Crippen LogP contribution >= 0.6 is 0 Å². The van der Waals surface area contributed by atoms with E-state index in [9.17, 15) is 19.7 Å². The highest BCUT2D eigenvalue weighted by molar-refractivity contribution is 5.98. The predicted molar refractivity (Wildman–Crippen MR) is 88.9 cm³/mol. The van der Waals surface area contributed by atoms with Crippen molar-refractivity contribution < 1.29 is 14.5 Å². The molecular formula is C17H15N3O4. The Bertz CT molecular complexity index is 780. The number of hydrogen-bond acceptors (Lipinski definition) is 4. The minimum Gasteiger partial charge on any atom is -0.268 e. The van der Waals surface area contributed by atoms with Crippen LogP contribution < -0.4 is 10.9 Å². The summed E-state index contributed by atoms with van der Waals surface area (Å²) in [6, 6.07) is 12.6. The summed E-state index contributed by atoms with van der Waals surface area (Å²) >= 11 is 0. The Balaban J connectivity index is 1.87. The molecule has 122 valence electrons. The van der Waals surface area contributed by atoms with E-state index in [0.717, 1.165) is 11.1 Å². The molecule has 0 heterocycles. The van der Waals surface area contributed by atoms with Crippen molar-refractivity contribution in [3.05, 3.63) is 81.4 Å². The first kappa shape index (κ1) is 16.9. The highest BCUT2D eigenvalue weighted by Crippen LogP contribution is 2.11. The van der Waals surface area contributed by atoms with Crippen LogP contribution in [0.5, 0.6) is 0 Å². The van der Waals surface area contributed by atoms with Gasteiger partial charge in [-0.25, -0.2) is 0 Å². The molecule has 7 heteroatoms. The highest BCUT2D eigenvalue weighted by Gasteiger charge is 2.09. The summed E-state index contributed by atoms with van der Waals surface area (Å²) in [5, 5.41) is 10.5. The molecule has 2 amide bonds. The first-order valence-corrected chi connectivity index (χ1v) is 7.05. The second-order valence-electron chi connectivity index (χ2n) is 4.99. The number of nitrogens with zero attached hydrogens (tertiary/aromatic N) is 1. The van der Waals surface area contributed by atoms with E-state index in [4.69, 9.17) is 0 Å². The lowest BCUT2D eigenvalue weighted by atomic mass is 10.1. The van der Waals surface area contributed by atoms with Gasteiger partial charge in [-0.2, -0.15) is 0 Å². The minimum absolute atomic E-state index is 0.114. The van der Waals surface area contributed by atoms with Crippen molar-refractivity contribution in [2.75, 3.05) is 0 Å². The number of nitrogens with one attached hydrogen (secondary N) is 2. The number of hydrogen-bond donors (Lipinski definition) is 2. The number of nitro benzene ring substituents is 1. The maximum atomic E-state index is 11.8. The molecule has 24 heavy (non-hydrogen) atoms. The number of benzene rings is 2. The summed E-state index contributed by atoms with van der Waals surface area (Å²) in [5.41, 5.74) is 6.53. The first-order chi connectivity index (χ1) is 11.5. The monoisotopic (exact) mass is 325 g/mol. The molecule has 0 saturated heterocycles. The van der Waals surface area contributed by atoms with Crippen molar-refractivity contribution in [2.24, 2.45) is 0 Å². The van der Waals surface area contributed by atoms with Gasteiger partial charge < -0.3 is 0 Å². The maximum Gasteiger partial charge on any atom is 0.269 e. The molecule has 0 saturated carbocycles. The van der Waals surface area contributed by atoms with Gasteiger partial charge in [0.25, 0.3) is 17.5 Å². The molecule has 7 nitrogen and oxygen atoms in total. The highest BCUT2D eigenvalue weighted by atomic mass is 16.6. The predicted octanol–water partition coefficient (Wildman–Crippen LogP) is 2.38. The molecule has 0 fully saturated rings. The van der Waals surface area contributed by atoms with Crippen molar-refractivity contribution in [2.45, 2.75) is 6.92 Å². The summed E-state index contributed by atoms with van der Waals surface area (Å²) in [6.45, 7) is 1.97. The van der Waals surface area contributed by atoms with E-state index >= 15 is 0 Å². The Morgan fingerprint density at radius 2 is 1.62 bits per heavy atom. The van der Waals surface area contributed by atoms with Gasteiger partial charge in [-0.1, -0.05) is 29.8 Å². The lowest BCUT2D eigenvalue weighted by Gasteiger charge is -2.05. The van der Waals surface area contributed by atoms with Gasteiger partial charge in [0.1, 0.15) is 0 Å². The Hall–Kier alpha value is -3.48. The van der Waals surface area contributed by atoms with Gasteiger partial charge >= 0.3 is 0 Å². The maximum absolute atomic E-state index is 11.8. The molecule has 2 aromatic carbocycles. The van der Waals surface area contributed by atoms with Gasteiger partial charge in [0.15, 0.2) is 0 Å². The molecular weight excluding hydrogens is 310 g/mol. The van der Waals surface area contributed by atoms with Crippen LogP contribution in [0.1, 0.15) is 21.5 Å². The summed E-state index contributed by atoms with van der Waals surface area (Å²) in [5.74, 6) is -1.06. The summed E-state index contributed by atoms with van der Waals surface area (Å²) in [4.78, 5) is 33.5. The summed E-state index contributed by atoms with van der Waals surface area (Å²) < 4.78 is 0. The van der Waals surface area contributed by atoms with Crippen molar-refractivity contribution in [3.8, 4) is 0 Å². The first-order valence-electron chi connectivity index (χ1n) is 7.05. The molecule has 0 unspecified atom stereocenters. The molecule has 0 radical (unpaired) electrons. The zero-order valence-electron chi connectivity index (χ0n) is 12.9. The number of carbonyl (C=O) groups is 2. The molecule has 0 aliphatic heterocycles. The second kappa shape index (κ2) is 7.68. The van der Waals surface area contributed by atoms with Crippen LogP contribution in [0.25, 0.3) is 6.08 Å². The fourth-order valence-corrected chi connectivity index (χ4v) is 1.82. The van der Waals surface area contributed by atoms with E-state index in [-0.39, 0.29) is 11.3 Å². The topological polar surface area (TPSA) is 101 Å². The van der Waals surface area contributed by atoms with Crippen LogP contribution in [0.15, 0.2) is 54.6 Å². The van der Waals surface area contributed by atoms with Crippen LogP contribution in [0.4, 0.5) is 5.69 Å². The van der Waals surface area contributed by atoms with Crippen molar-refractivity contribution in [3.63, 3.8) is 0 Å². The van der Waals surface area contributed by atoms with Crippen LogP contribution in [-0.2, 0) is 4.79 Å². The number of rotatable bonds is 4. The van der Waals surface area contributed by atoms with Gasteiger partial charge in [-0.15, -0.1) is 0 Å². The fourth-order valence-electron chi connectivity index (χ4n) is 1.82. The third kappa shape index (κ3) is 4.77. The van der Waals surface area contributed by atoms with Gasteiger partial charge in [0, 0.05) is 23.8 Å². The zero-order valence-corrected chi connectivity index (χ0v) is 12.9. The van der Waals surface area contributed by atoms with E-state index in [0.29, 0.717) is 0 Å². The van der Waals surface area contributed by atoms with Gasteiger partial charge in [-0.3, -0.25) is 30.6 Å². The average Bonchev–Trinajstić information content (AvgIpc) is 2.59. The van der Waals surface area contributed by atoms with E-state index in [1.54, 1.807) is 6.08 Å². The standard InChI is InChI=1S/C17H15N3O4/c1-12-2-4-13(5-3-12)6-11-16(21)18-19-17(22)14-7-9-15(10-8-14)20(23)24/h2-11H,1H3,(H,18,21)(H,19,22)/b11-6+. The second-order valence-corrected chi connectivity index (χ2v) is 4.99. The molecule has 0 aliphatic rings. The molecule has 2 N–H and O–H groups in total. The number of hydrazine groups is 1. The Kier molecular flexibility index (Phi) is 5.40. The Morgan fingerprint density at radius 1 is 1.00 bits per heavy atom. The number of carbonyl (C=O) groups excluding carboxylic acids is 2. The third-order valence-electron chi connectivity index (χ3n) is 3.14. The molecule has 2 rings (SSSR count). The zero-order chi connectivity index (χ0) is 17.5. The molecule has 2 aromatic rings. The van der Waals surface area contributed by atoms with Crippen molar-refractivity contribution in [1.82, 2.24) is 10.9 Å². The minimum atomic E-state index is -0.568. The van der Waals surface area contributed by atoms with E-state index in [1.807, 2.05) is 31.2 Å². The van der Waals surface area contributed by atoms with Gasteiger partial charge in [0.2, 0.25) is 0 Å². The largest absolute Gasteiger partial charge is 0.269 e. The van der Waals surface area contributed by atoms with E-state index < -0.39 is 16.7 Å².